The summed E-state index contributed by atoms with van der Waals surface area (Å²) >= 11 is 0. The minimum absolute atomic E-state index is 0.110. The van der Waals surface area contributed by atoms with Gasteiger partial charge in [-0.3, -0.25) is 14.4 Å². The Hall–Kier alpha value is -3.61. The molecule has 28 heavy (non-hydrogen) atoms. The monoisotopic (exact) mass is 379 g/mol. The van der Waals surface area contributed by atoms with E-state index in [2.05, 4.69) is 5.32 Å². The van der Waals surface area contributed by atoms with Gasteiger partial charge in [0.25, 0.3) is 17.4 Å². The molecule has 4 N–H and O–H groups in total. The molecule has 0 bridgehead atoms. The summed E-state index contributed by atoms with van der Waals surface area (Å²) in [5, 5.41) is 13.6. The van der Waals surface area contributed by atoms with Crippen LogP contribution in [0.2, 0.25) is 0 Å². The zero-order valence-electron chi connectivity index (χ0n) is 15.6. The van der Waals surface area contributed by atoms with Crippen molar-refractivity contribution in [1.29, 1.82) is 0 Å². The summed E-state index contributed by atoms with van der Waals surface area (Å²) < 4.78 is 1.48. The number of hydrogen-bond acceptors (Lipinski definition) is 4. The molecule has 0 saturated heterocycles. The van der Waals surface area contributed by atoms with E-state index in [4.69, 9.17) is 5.73 Å². The molecule has 2 amide bonds. The molecule has 0 unspecified atom stereocenters. The SMILES string of the molecule is CC(C)Cn1c(=O)c(C(=O)Nc2ccccc2C(N)=O)c(O)c2ccccc21. The van der Waals surface area contributed by atoms with E-state index >= 15 is 0 Å². The van der Waals surface area contributed by atoms with Crippen molar-refractivity contribution in [2.24, 2.45) is 11.7 Å². The molecule has 0 fully saturated rings. The Morgan fingerprint density at radius 2 is 1.75 bits per heavy atom. The van der Waals surface area contributed by atoms with Crippen molar-refractivity contribution >= 4 is 28.4 Å². The first-order valence-corrected chi connectivity index (χ1v) is 8.86. The molecule has 1 aromatic heterocycles. The van der Waals surface area contributed by atoms with E-state index in [1.54, 1.807) is 36.4 Å². The quantitative estimate of drug-likeness (QED) is 0.632. The van der Waals surface area contributed by atoms with E-state index in [1.165, 1.54) is 16.7 Å². The zero-order valence-corrected chi connectivity index (χ0v) is 15.6. The number of nitrogens with zero attached hydrogens (tertiary/aromatic N) is 1. The van der Waals surface area contributed by atoms with Crippen molar-refractivity contribution in [3.05, 3.63) is 70.0 Å². The largest absolute Gasteiger partial charge is 0.506 e. The molecular weight excluding hydrogens is 358 g/mol. The van der Waals surface area contributed by atoms with Gasteiger partial charge in [-0.15, -0.1) is 0 Å². The fraction of sp³-hybridized carbons (Fsp3) is 0.190. The normalized spacial score (nSPS) is 11.0. The first-order valence-electron chi connectivity index (χ1n) is 8.86. The second-order valence-corrected chi connectivity index (χ2v) is 6.91. The number of primary amides is 1. The van der Waals surface area contributed by atoms with Gasteiger partial charge >= 0.3 is 0 Å². The van der Waals surface area contributed by atoms with Crippen LogP contribution in [0.3, 0.4) is 0 Å². The van der Waals surface area contributed by atoms with Crippen LogP contribution in [-0.4, -0.2) is 21.5 Å². The minimum atomic E-state index is -0.806. The van der Waals surface area contributed by atoms with Crippen LogP contribution in [0.5, 0.6) is 5.75 Å². The Labute approximate surface area is 161 Å². The fourth-order valence-corrected chi connectivity index (χ4v) is 3.13. The maximum absolute atomic E-state index is 13.0. The first-order chi connectivity index (χ1) is 13.3. The maximum Gasteiger partial charge on any atom is 0.267 e. The van der Waals surface area contributed by atoms with Gasteiger partial charge in [-0.2, -0.15) is 0 Å². The third kappa shape index (κ3) is 3.46. The molecule has 3 rings (SSSR count). The van der Waals surface area contributed by atoms with E-state index in [9.17, 15) is 19.5 Å². The van der Waals surface area contributed by atoms with Gasteiger partial charge in [0.2, 0.25) is 0 Å². The number of aromatic hydroxyl groups is 1. The summed E-state index contributed by atoms with van der Waals surface area (Å²) in [4.78, 5) is 37.5. The fourth-order valence-electron chi connectivity index (χ4n) is 3.13. The van der Waals surface area contributed by atoms with Gasteiger partial charge in [0.15, 0.2) is 0 Å². The summed E-state index contributed by atoms with van der Waals surface area (Å²) in [6, 6.07) is 13.1. The van der Waals surface area contributed by atoms with Crippen molar-refractivity contribution in [3.63, 3.8) is 0 Å². The average Bonchev–Trinajstić information content (AvgIpc) is 2.65. The topological polar surface area (TPSA) is 114 Å². The van der Waals surface area contributed by atoms with Crippen LogP contribution in [0.15, 0.2) is 53.3 Å². The van der Waals surface area contributed by atoms with Gasteiger partial charge in [0.1, 0.15) is 11.3 Å². The van der Waals surface area contributed by atoms with Crippen LogP contribution in [0, 0.1) is 5.92 Å². The lowest BCUT2D eigenvalue weighted by molar-refractivity contribution is 0.100. The Morgan fingerprint density at radius 3 is 2.43 bits per heavy atom. The molecule has 0 atom stereocenters. The van der Waals surface area contributed by atoms with Gasteiger partial charge in [-0.25, -0.2) is 0 Å². The summed E-state index contributed by atoms with van der Waals surface area (Å²) in [5.74, 6) is -1.76. The molecule has 7 nitrogen and oxygen atoms in total. The molecule has 3 aromatic rings. The Kier molecular flexibility index (Phi) is 5.17. The number of pyridine rings is 1. The van der Waals surface area contributed by atoms with Crippen LogP contribution in [0.25, 0.3) is 10.9 Å². The Balaban J connectivity index is 2.17. The van der Waals surface area contributed by atoms with Crippen LogP contribution in [0.4, 0.5) is 5.69 Å². The van der Waals surface area contributed by atoms with Gasteiger partial charge in [0, 0.05) is 11.9 Å². The number of para-hydroxylation sites is 2. The van der Waals surface area contributed by atoms with Gasteiger partial charge in [0.05, 0.1) is 16.8 Å². The predicted octanol–water partition coefficient (Wildman–Crippen LogP) is 2.71. The zero-order chi connectivity index (χ0) is 20.4. The lowest BCUT2D eigenvalue weighted by Gasteiger charge is -2.16. The standard InChI is InChI=1S/C21H21N3O4/c1-12(2)11-24-16-10-6-4-8-14(16)18(25)17(21(24)28)20(27)23-15-9-5-3-7-13(15)19(22)26/h3-10,12,25H,11H2,1-2H3,(H2,22,26)(H,23,27). The third-order valence-electron chi connectivity index (χ3n) is 4.36. The highest BCUT2D eigenvalue weighted by molar-refractivity contribution is 6.11. The maximum atomic E-state index is 13.0. The number of aromatic nitrogens is 1. The molecule has 0 aliphatic heterocycles. The van der Waals surface area contributed by atoms with Gasteiger partial charge in [-0.05, 0) is 30.2 Å². The summed E-state index contributed by atoms with van der Waals surface area (Å²) in [5.41, 5.74) is 5.19. The van der Waals surface area contributed by atoms with E-state index < -0.39 is 23.1 Å². The molecule has 0 aliphatic carbocycles. The summed E-state index contributed by atoms with van der Waals surface area (Å²) in [6.45, 7) is 4.30. The van der Waals surface area contributed by atoms with Crippen molar-refractivity contribution in [1.82, 2.24) is 4.57 Å². The lowest BCUT2D eigenvalue weighted by Crippen LogP contribution is -2.31. The summed E-state index contributed by atoms with van der Waals surface area (Å²) in [6.07, 6.45) is 0. The molecule has 7 heteroatoms. The summed E-state index contributed by atoms with van der Waals surface area (Å²) in [7, 11) is 0. The van der Waals surface area contributed by atoms with Gasteiger partial charge in [-0.1, -0.05) is 38.1 Å². The number of rotatable bonds is 5. The molecule has 1 heterocycles. The number of nitrogens with one attached hydrogen (secondary N) is 1. The van der Waals surface area contributed by atoms with Crippen molar-refractivity contribution in [2.45, 2.75) is 20.4 Å². The molecule has 0 aliphatic rings. The number of anilines is 1. The molecule has 144 valence electrons. The van der Waals surface area contributed by atoms with Gasteiger partial charge < -0.3 is 20.7 Å². The lowest BCUT2D eigenvalue weighted by atomic mass is 10.1. The van der Waals surface area contributed by atoms with Crippen LogP contribution >= 0.6 is 0 Å². The van der Waals surface area contributed by atoms with Crippen molar-refractivity contribution in [3.8, 4) is 5.75 Å². The second kappa shape index (κ2) is 7.56. The number of carbonyl (C=O) groups is 2. The van der Waals surface area contributed by atoms with Crippen LogP contribution in [-0.2, 0) is 6.54 Å². The van der Waals surface area contributed by atoms with E-state index in [0.29, 0.717) is 17.4 Å². The van der Waals surface area contributed by atoms with Crippen LogP contribution < -0.4 is 16.6 Å². The molecule has 0 spiro atoms. The molecular formula is C21H21N3O4. The Morgan fingerprint density at radius 1 is 1.11 bits per heavy atom. The molecule has 0 saturated carbocycles. The van der Waals surface area contributed by atoms with E-state index in [1.807, 2.05) is 13.8 Å². The second-order valence-electron chi connectivity index (χ2n) is 6.91. The Bertz CT molecular complexity index is 1130. The third-order valence-corrected chi connectivity index (χ3v) is 4.36. The smallest absolute Gasteiger partial charge is 0.267 e. The number of nitrogens with two attached hydrogens (primary N) is 1. The number of hydrogen-bond donors (Lipinski definition) is 3. The molecule has 0 radical (unpaired) electrons. The number of fused-ring (bicyclic) bond motifs is 1. The van der Waals surface area contributed by atoms with E-state index in [-0.39, 0.29) is 22.7 Å². The highest BCUT2D eigenvalue weighted by Crippen LogP contribution is 2.27. The minimum Gasteiger partial charge on any atom is -0.506 e. The predicted molar refractivity (Wildman–Crippen MR) is 108 cm³/mol. The number of amides is 2. The van der Waals surface area contributed by atoms with Crippen molar-refractivity contribution < 1.29 is 14.7 Å². The average molecular weight is 379 g/mol. The molecule has 2 aromatic carbocycles. The highest BCUT2D eigenvalue weighted by atomic mass is 16.3. The van der Waals surface area contributed by atoms with Crippen LogP contribution in [0.1, 0.15) is 34.6 Å². The van der Waals surface area contributed by atoms with Crippen molar-refractivity contribution in [2.75, 3.05) is 5.32 Å². The number of benzene rings is 2. The first kappa shape index (κ1) is 19.2. The van der Waals surface area contributed by atoms with E-state index in [0.717, 1.165) is 0 Å². The highest BCUT2D eigenvalue weighted by Gasteiger charge is 2.23. The number of carbonyl (C=O) groups excluding carboxylic acids is 2.